The van der Waals surface area contributed by atoms with Gasteiger partial charge in [-0.25, -0.2) is 8.78 Å². The molecular formula is C17H17F2NO3. The maximum absolute atomic E-state index is 13.4. The second kappa shape index (κ2) is 7.09. The number of hydrogen-bond donors (Lipinski definition) is 0. The van der Waals surface area contributed by atoms with Crippen LogP contribution in [0.2, 0.25) is 0 Å². The van der Waals surface area contributed by atoms with Crippen LogP contribution in [0, 0.1) is 11.6 Å². The first kappa shape index (κ1) is 16.7. The van der Waals surface area contributed by atoms with Gasteiger partial charge in [0.2, 0.25) is 0 Å². The zero-order chi connectivity index (χ0) is 17.0. The molecule has 0 N–H and O–H groups in total. The summed E-state index contributed by atoms with van der Waals surface area (Å²) >= 11 is 0. The number of carbonyl (C=O) groups is 1. The van der Waals surface area contributed by atoms with Gasteiger partial charge in [0.25, 0.3) is 5.91 Å². The highest BCUT2D eigenvalue weighted by molar-refractivity contribution is 6.08. The van der Waals surface area contributed by atoms with Gasteiger partial charge in [0, 0.05) is 24.4 Å². The number of nitrogens with zero attached hydrogens (tertiary/aromatic N) is 1. The van der Waals surface area contributed by atoms with Crippen LogP contribution in [-0.2, 0) is 0 Å². The molecule has 2 rings (SSSR count). The van der Waals surface area contributed by atoms with E-state index < -0.39 is 11.6 Å². The van der Waals surface area contributed by atoms with Gasteiger partial charge >= 0.3 is 0 Å². The third-order valence-corrected chi connectivity index (χ3v) is 3.42. The molecule has 0 aliphatic heterocycles. The lowest BCUT2D eigenvalue weighted by Crippen LogP contribution is -2.31. The summed E-state index contributed by atoms with van der Waals surface area (Å²) in [5.41, 5.74) is 0.578. The number of amides is 1. The predicted molar refractivity (Wildman–Crippen MR) is 83.3 cm³/mol. The van der Waals surface area contributed by atoms with E-state index in [1.165, 1.54) is 25.2 Å². The van der Waals surface area contributed by atoms with Gasteiger partial charge in [-0.15, -0.1) is 0 Å². The fourth-order valence-electron chi connectivity index (χ4n) is 2.22. The number of benzene rings is 2. The minimum Gasteiger partial charge on any atom is -0.497 e. The molecule has 0 aromatic heterocycles. The molecule has 0 atom stereocenters. The first-order chi connectivity index (χ1) is 11.0. The van der Waals surface area contributed by atoms with Crippen molar-refractivity contribution in [2.75, 3.05) is 25.7 Å². The predicted octanol–water partition coefficient (Wildman–Crippen LogP) is 3.65. The summed E-state index contributed by atoms with van der Waals surface area (Å²) in [6.07, 6.45) is 0. The Morgan fingerprint density at radius 3 is 2.35 bits per heavy atom. The smallest absolute Gasteiger partial charge is 0.262 e. The fraction of sp³-hybridized carbons (Fsp3) is 0.235. The van der Waals surface area contributed by atoms with E-state index in [0.29, 0.717) is 23.6 Å². The van der Waals surface area contributed by atoms with Crippen molar-refractivity contribution in [3.05, 3.63) is 53.6 Å². The van der Waals surface area contributed by atoms with Gasteiger partial charge in [0.15, 0.2) is 11.6 Å². The number of ether oxygens (including phenoxy) is 2. The van der Waals surface area contributed by atoms with Crippen LogP contribution in [0.25, 0.3) is 0 Å². The molecule has 0 heterocycles. The van der Waals surface area contributed by atoms with Gasteiger partial charge < -0.3 is 14.4 Å². The molecule has 0 unspecified atom stereocenters. The summed E-state index contributed by atoms with van der Waals surface area (Å²) in [5, 5.41) is 0. The van der Waals surface area contributed by atoms with E-state index in [1.807, 2.05) is 0 Å². The van der Waals surface area contributed by atoms with Crippen LogP contribution in [-0.4, -0.2) is 26.7 Å². The Balaban J connectivity index is 2.42. The SMILES string of the molecule is CCN(C(=O)c1ccc(OC)cc1OC)c1ccc(F)c(F)c1. The third kappa shape index (κ3) is 3.41. The largest absolute Gasteiger partial charge is 0.497 e. The van der Waals surface area contributed by atoms with Crippen molar-refractivity contribution in [1.29, 1.82) is 0 Å². The molecule has 0 bridgehead atoms. The average Bonchev–Trinajstić information content (AvgIpc) is 2.57. The lowest BCUT2D eigenvalue weighted by atomic mass is 10.1. The number of anilines is 1. The molecule has 0 spiro atoms. The summed E-state index contributed by atoms with van der Waals surface area (Å²) in [4.78, 5) is 14.1. The van der Waals surface area contributed by atoms with E-state index in [9.17, 15) is 13.6 Å². The highest BCUT2D eigenvalue weighted by Crippen LogP contribution is 2.28. The van der Waals surface area contributed by atoms with Crippen LogP contribution >= 0.6 is 0 Å². The molecular weight excluding hydrogens is 304 g/mol. The van der Waals surface area contributed by atoms with E-state index in [0.717, 1.165) is 12.1 Å². The Kier molecular flexibility index (Phi) is 5.16. The van der Waals surface area contributed by atoms with Crippen molar-refractivity contribution < 1.29 is 23.0 Å². The fourth-order valence-corrected chi connectivity index (χ4v) is 2.22. The maximum atomic E-state index is 13.4. The van der Waals surface area contributed by atoms with Crippen molar-refractivity contribution in [1.82, 2.24) is 0 Å². The molecule has 0 aliphatic rings. The van der Waals surface area contributed by atoms with Gasteiger partial charge in [0.1, 0.15) is 11.5 Å². The monoisotopic (exact) mass is 321 g/mol. The molecule has 6 heteroatoms. The molecule has 0 aliphatic carbocycles. The van der Waals surface area contributed by atoms with Crippen LogP contribution in [0.15, 0.2) is 36.4 Å². The molecule has 0 saturated heterocycles. The molecule has 122 valence electrons. The van der Waals surface area contributed by atoms with Gasteiger partial charge in [-0.2, -0.15) is 0 Å². The first-order valence-corrected chi connectivity index (χ1v) is 7.00. The summed E-state index contributed by atoms with van der Waals surface area (Å²) < 4.78 is 36.8. The second-order valence-electron chi connectivity index (χ2n) is 4.71. The van der Waals surface area contributed by atoms with Crippen molar-refractivity contribution >= 4 is 11.6 Å². The van der Waals surface area contributed by atoms with Crippen molar-refractivity contribution in [2.24, 2.45) is 0 Å². The highest BCUT2D eigenvalue weighted by Gasteiger charge is 2.21. The second-order valence-corrected chi connectivity index (χ2v) is 4.71. The number of halogens is 2. The van der Waals surface area contributed by atoms with E-state index >= 15 is 0 Å². The van der Waals surface area contributed by atoms with Gasteiger partial charge in [-0.1, -0.05) is 0 Å². The Morgan fingerprint density at radius 2 is 1.78 bits per heavy atom. The average molecular weight is 321 g/mol. The molecule has 23 heavy (non-hydrogen) atoms. The Hall–Kier alpha value is -2.63. The highest BCUT2D eigenvalue weighted by atomic mass is 19.2. The molecule has 2 aromatic carbocycles. The molecule has 0 fully saturated rings. The van der Waals surface area contributed by atoms with Gasteiger partial charge in [-0.05, 0) is 31.2 Å². The molecule has 0 radical (unpaired) electrons. The number of hydrogen-bond acceptors (Lipinski definition) is 3. The zero-order valence-electron chi connectivity index (χ0n) is 13.1. The Bertz CT molecular complexity index is 719. The molecule has 4 nitrogen and oxygen atoms in total. The van der Waals surface area contributed by atoms with Crippen molar-refractivity contribution in [2.45, 2.75) is 6.92 Å². The minimum absolute atomic E-state index is 0.272. The van der Waals surface area contributed by atoms with Gasteiger partial charge in [-0.3, -0.25) is 4.79 Å². The van der Waals surface area contributed by atoms with Crippen molar-refractivity contribution in [3.8, 4) is 11.5 Å². The Labute approximate surface area is 133 Å². The van der Waals surface area contributed by atoms with Crippen LogP contribution in [0.1, 0.15) is 17.3 Å². The van der Waals surface area contributed by atoms with Crippen molar-refractivity contribution in [3.63, 3.8) is 0 Å². The summed E-state index contributed by atoms with van der Waals surface area (Å²) in [7, 11) is 2.95. The normalized spacial score (nSPS) is 10.3. The van der Waals surface area contributed by atoms with E-state index in [4.69, 9.17) is 9.47 Å². The molecule has 0 saturated carbocycles. The molecule has 1 amide bonds. The Morgan fingerprint density at radius 1 is 1.04 bits per heavy atom. The maximum Gasteiger partial charge on any atom is 0.262 e. The van der Waals surface area contributed by atoms with Crippen LogP contribution in [0.4, 0.5) is 14.5 Å². The van der Waals surface area contributed by atoms with Crippen LogP contribution < -0.4 is 14.4 Å². The summed E-state index contributed by atoms with van der Waals surface area (Å²) in [5.74, 6) is -1.45. The third-order valence-electron chi connectivity index (χ3n) is 3.42. The first-order valence-electron chi connectivity index (χ1n) is 7.00. The lowest BCUT2D eigenvalue weighted by molar-refractivity contribution is 0.0985. The molecule has 2 aromatic rings. The van der Waals surface area contributed by atoms with E-state index in [-0.39, 0.29) is 11.6 Å². The summed E-state index contributed by atoms with van der Waals surface area (Å²) in [6.45, 7) is 2.04. The number of rotatable bonds is 5. The lowest BCUT2D eigenvalue weighted by Gasteiger charge is -2.22. The van der Waals surface area contributed by atoms with Crippen LogP contribution in [0.5, 0.6) is 11.5 Å². The van der Waals surface area contributed by atoms with E-state index in [1.54, 1.807) is 25.1 Å². The number of carbonyl (C=O) groups excluding carboxylic acids is 1. The van der Waals surface area contributed by atoms with E-state index in [2.05, 4.69) is 0 Å². The summed E-state index contributed by atoms with van der Waals surface area (Å²) in [6, 6.07) is 8.14. The minimum atomic E-state index is -1.00. The topological polar surface area (TPSA) is 38.8 Å². The standard InChI is InChI=1S/C17H17F2NO3/c1-4-20(11-5-8-14(18)15(19)9-11)17(21)13-7-6-12(22-2)10-16(13)23-3/h5-10H,4H2,1-3H3. The quantitative estimate of drug-likeness (QED) is 0.844. The zero-order valence-corrected chi connectivity index (χ0v) is 13.1. The number of methoxy groups -OCH3 is 2. The van der Waals surface area contributed by atoms with Crippen LogP contribution in [0.3, 0.4) is 0 Å². The van der Waals surface area contributed by atoms with Gasteiger partial charge in [0.05, 0.1) is 19.8 Å².